The van der Waals surface area contributed by atoms with Crippen molar-refractivity contribution in [3.8, 4) is 0 Å². The average molecular weight is 402 g/mol. The number of carbonyl (C=O) groups is 2. The highest BCUT2D eigenvalue weighted by atomic mass is 35.5. The number of nitrogens with one attached hydrogen (secondary N) is 2. The molecule has 0 aromatic heterocycles. The molecule has 2 aromatic rings. The Labute approximate surface area is 172 Å². The molecule has 1 aliphatic rings. The molecule has 2 aromatic carbocycles. The Morgan fingerprint density at radius 2 is 1.79 bits per heavy atom. The van der Waals surface area contributed by atoms with Gasteiger partial charge in [0.2, 0.25) is 5.91 Å². The third-order valence-corrected chi connectivity index (χ3v) is 5.02. The molecule has 0 radical (unpaired) electrons. The maximum atomic E-state index is 12.7. The standard InChI is InChI=1S/C22H27N3O2.ClH/c1-14(2)15-7-9-16(10-8-15)18-13-19(18)22(27)25-20-6-4-3-5-17(20)21(26)24-12-11-23;/h3-10,14,18-19H,11-13,23H2,1-2H3,(H,24,26)(H,25,27);1H. The van der Waals surface area contributed by atoms with Crippen molar-refractivity contribution in [3.05, 3.63) is 65.2 Å². The fourth-order valence-electron chi connectivity index (χ4n) is 3.28. The number of anilines is 1. The highest BCUT2D eigenvalue weighted by molar-refractivity contribution is 6.04. The molecule has 0 bridgehead atoms. The van der Waals surface area contributed by atoms with Crippen LogP contribution in [-0.4, -0.2) is 24.9 Å². The summed E-state index contributed by atoms with van der Waals surface area (Å²) in [4.78, 5) is 24.9. The number of halogens is 1. The van der Waals surface area contributed by atoms with E-state index in [4.69, 9.17) is 5.73 Å². The second-order valence-corrected chi connectivity index (χ2v) is 7.35. The van der Waals surface area contributed by atoms with Gasteiger partial charge >= 0.3 is 0 Å². The minimum absolute atomic E-state index is 0. The van der Waals surface area contributed by atoms with E-state index < -0.39 is 0 Å². The molecule has 0 aliphatic heterocycles. The summed E-state index contributed by atoms with van der Waals surface area (Å²) >= 11 is 0. The normalized spacial score (nSPS) is 17.6. The number of amides is 2. The van der Waals surface area contributed by atoms with Gasteiger partial charge in [0.25, 0.3) is 5.91 Å². The van der Waals surface area contributed by atoms with Crippen LogP contribution in [-0.2, 0) is 4.79 Å². The van der Waals surface area contributed by atoms with Gasteiger partial charge in [-0.1, -0.05) is 50.2 Å². The van der Waals surface area contributed by atoms with E-state index in [1.54, 1.807) is 18.2 Å². The van der Waals surface area contributed by atoms with Crippen LogP contribution in [0, 0.1) is 5.92 Å². The van der Waals surface area contributed by atoms with E-state index >= 15 is 0 Å². The van der Waals surface area contributed by atoms with Crippen LogP contribution in [0.1, 0.15) is 53.6 Å². The molecule has 6 heteroatoms. The summed E-state index contributed by atoms with van der Waals surface area (Å²) in [6, 6.07) is 15.6. The topological polar surface area (TPSA) is 84.2 Å². The first-order valence-corrected chi connectivity index (χ1v) is 9.49. The summed E-state index contributed by atoms with van der Waals surface area (Å²) in [5.41, 5.74) is 8.94. The van der Waals surface area contributed by atoms with E-state index in [-0.39, 0.29) is 36.1 Å². The minimum Gasteiger partial charge on any atom is -0.351 e. The molecule has 0 heterocycles. The molecule has 1 aliphatic carbocycles. The zero-order valence-electron chi connectivity index (χ0n) is 16.3. The van der Waals surface area contributed by atoms with Crippen molar-refractivity contribution in [3.63, 3.8) is 0 Å². The molecule has 2 amide bonds. The van der Waals surface area contributed by atoms with Gasteiger partial charge in [-0.2, -0.15) is 0 Å². The Hall–Kier alpha value is -2.37. The van der Waals surface area contributed by atoms with E-state index in [1.165, 1.54) is 11.1 Å². The van der Waals surface area contributed by atoms with Gasteiger partial charge in [0.15, 0.2) is 0 Å². The first kappa shape index (κ1) is 21.9. The van der Waals surface area contributed by atoms with Crippen LogP contribution in [0.15, 0.2) is 48.5 Å². The fourth-order valence-corrected chi connectivity index (χ4v) is 3.28. The van der Waals surface area contributed by atoms with Crippen LogP contribution in [0.5, 0.6) is 0 Å². The second kappa shape index (κ2) is 9.71. The fraction of sp³-hybridized carbons (Fsp3) is 0.364. The Morgan fingerprint density at radius 1 is 1.11 bits per heavy atom. The van der Waals surface area contributed by atoms with Crippen LogP contribution >= 0.6 is 12.4 Å². The Bertz CT molecular complexity index is 821. The molecule has 2 unspecified atom stereocenters. The summed E-state index contributed by atoms with van der Waals surface area (Å²) in [5, 5.41) is 5.67. The van der Waals surface area contributed by atoms with Gasteiger partial charge in [0, 0.05) is 19.0 Å². The average Bonchev–Trinajstić information content (AvgIpc) is 3.47. The molecule has 0 saturated heterocycles. The molecule has 1 saturated carbocycles. The summed E-state index contributed by atoms with van der Waals surface area (Å²) in [6.45, 7) is 5.12. The van der Waals surface area contributed by atoms with E-state index in [9.17, 15) is 9.59 Å². The van der Waals surface area contributed by atoms with E-state index in [2.05, 4.69) is 48.7 Å². The number of hydrogen-bond acceptors (Lipinski definition) is 3. The Kier molecular flexibility index (Phi) is 7.61. The van der Waals surface area contributed by atoms with Crippen molar-refractivity contribution in [2.75, 3.05) is 18.4 Å². The lowest BCUT2D eigenvalue weighted by atomic mass is 10.00. The molecular formula is C22H28ClN3O2. The maximum Gasteiger partial charge on any atom is 0.253 e. The zero-order valence-corrected chi connectivity index (χ0v) is 17.1. The number of carbonyl (C=O) groups excluding carboxylic acids is 2. The molecular weight excluding hydrogens is 374 g/mol. The molecule has 2 atom stereocenters. The van der Waals surface area contributed by atoms with Crippen molar-refractivity contribution in [1.82, 2.24) is 5.32 Å². The summed E-state index contributed by atoms with van der Waals surface area (Å²) in [6.07, 6.45) is 0.842. The molecule has 28 heavy (non-hydrogen) atoms. The van der Waals surface area contributed by atoms with E-state index in [1.807, 2.05) is 6.07 Å². The number of benzene rings is 2. The largest absolute Gasteiger partial charge is 0.351 e. The Balaban J connectivity index is 0.00000280. The summed E-state index contributed by atoms with van der Waals surface area (Å²) in [5.74, 6) is 0.443. The lowest BCUT2D eigenvalue weighted by Crippen LogP contribution is -2.30. The Morgan fingerprint density at radius 3 is 2.43 bits per heavy atom. The number of para-hydroxylation sites is 1. The summed E-state index contributed by atoms with van der Waals surface area (Å²) < 4.78 is 0. The van der Waals surface area contributed by atoms with Crippen LogP contribution in [0.4, 0.5) is 5.69 Å². The minimum atomic E-state index is -0.229. The van der Waals surface area contributed by atoms with Crippen molar-refractivity contribution < 1.29 is 9.59 Å². The third-order valence-electron chi connectivity index (χ3n) is 5.02. The van der Waals surface area contributed by atoms with Crippen molar-refractivity contribution in [1.29, 1.82) is 0 Å². The predicted octanol–water partition coefficient (Wildman–Crippen LogP) is 3.66. The molecule has 5 nitrogen and oxygen atoms in total. The van der Waals surface area contributed by atoms with Gasteiger partial charge in [-0.3, -0.25) is 9.59 Å². The van der Waals surface area contributed by atoms with Gasteiger partial charge in [-0.05, 0) is 41.5 Å². The maximum absolute atomic E-state index is 12.7. The van der Waals surface area contributed by atoms with Crippen LogP contribution in [0.2, 0.25) is 0 Å². The second-order valence-electron chi connectivity index (χ2n) is 7.35. The first-order valence-electron chi connectivity index (χ1n) is 9.49. The lowest BCUT2D eigenvalue weighted by molar-refractivity contribution is -0.117. The van der Waals surface area contributed by atoms with Crippen molar-refractivity contribution in [2.45, 2.75) is 32.1 Å². The zero-order chi connectivity index (χ0) is 19.4. The summed E-state index contributed by atoms with van der Waals surface area (Å²) in [7, 11) is 0. The smallest absolute Gasteiger partial charge is 0.253 e. The lowest BCUT2D eigenvalue weighted by Gasteiger charge is -2.11. The first-order chi connectivity index (χ1) is 13.0. The van der Waals surface area contributed by atoms with Gasteiger partial charge in [-0.25, -0.2) is 0 Å². The highest BCUT2D eigenvalue weighted by Crippen LogP contribution is 2.48. The number of rotatable bonds is 7. The van der Waals surface area contributed by atoms with Crippen molar-refractivity contribution in [2.24, 2.45) is 11.7 Å². The SMILES string of the molecule is CC(C)c1ccc(C2CC2C(=O)Nc2ccccc2C(=O)NCCN)cc1.Cl. The third kappa shape index (κ3) is 5.12. The van der Waals surface area contributed by atoms with Gasteiger partial charge in [0.1, 0.15) is 0 Å². The van der Waals surface area contributed by atoms with Gasteiger partial charge < -0.3 is 16.4 Å². The van der Waals surface area contributed by atoms with E-state index in [0.717, 1.165) is 6.42 Å². The molecule has 1 fully saturated rings. The molecule has 150 valence electrons. The van der Waals surface area contributed by atoms with Crippen LogP contribution in [0.25, 0.3) is 0 Å². The van der Waals surface area contributed by atoms with Gasteiger partial charge in [-0.15, -0.1) is 12.4 Å². The van der Waals surface area contributed by atoms with Crippen LogP contribution in [0.3, 0.4) is 0 Å². The molecule has 0 spiro atoms. The predicted molar refractivity (Wildman–Crippen MR) is 115 cm³/mol. The van der Waals surface area contributed by atoms with E-state index in [0.29, 0.717) is 30.3 Å². The highest BCUT2D eigenvalue weighted by Gasteiger charge is 2.44. The monoisotopic (exact) mass is 401 g/mol. The van der Waals surface area contributed by atoms with Crippen molar-refractivity contribution >= 4 is 29.9 Å². The molecule has 4 N–H and O–H groups in total. The number of nitrogens with two attached hydrogens (primary N) is 1. The van der Waals surface area contributed by atoms with Crippen LogP contribution < -0.4 is 16.4 Å². The molecule has 3 rings (SSSR count). The number of hydrogen-bond donors (Lipinski definition) is 3. The van der Waals surface area contributed by atoms with Gasteiger partial charge in [0.05, 0.1) is 11.3 Å². The quantitative estimate of drug-likeness (QED) is 0.661.